The van der Waals surface area contributed by atoms with Crippen molar-refractivity contribution in [3.05, 3.63) is 106 Å². The van der Waals surface area contributed by atoms with Gasteiger partial charge in [0.1, 0.15) is 5.75 Å². The highest BCUT2D eigenvalue weighted by Gasteiger charge is 2.28. The van der Waals surface area contributed by atoms with Gasteiger partial charge in [0.2, 0.25) is 0 Å². The lowest BCUT2D eigenvalue weighted by atomic mass is 10.0. The van der Waals surface area contributed by atoms with Crippen LogP contribution in [0.25, 0.3) is 0 Å². The third kappa shape index (κ3) is 6.93. The number of rotatable bonds is 11. The molecule has 0 fully saturated rings. The highest BCUT2D eigenvalue weighted by molar-refractivity contribution is 6.39. The molecule has 1 atom stereocenters. The Balaban J connectivity index is 1.23. The monoisotopic (exact) mass is 565 g/mol. The summed E-state index contributed by atoms with van der Waals surface area (Å²) in [5, 5.41) is 6.82. The molecule has 0 saturated heterocycles. The molecule has 3 aromatic heterocycles. The van der Waals surface area contributed by atoms with Crippen LogP contribution in [-0.2, 0) is 19.6 Å². The standard InChI is InChI=1S/C28H29Cl2N7O2/c29-22-15-32-16-23(30)26(22)28(38)35-12-19-3-5-20(6-4-19)17-37(10-9-31-13-21-14-33-18-36-21)24-7-11-39-25-2-1-8-34-27(24)25/h1-6,8,14-16,18,24,31H,7,9-13,17H2,(H,33,36)(H,35,38). The zero-order chi connectivity index (χ0) is 27.0. The molecule has 1 unspecified atom stereocenters. The molecule has 39 heavy (non-hydrogen) atoms. The number of H-pyrrole nitrogens is 1. The first kappa shape index (κ1) is 27.1. The highest BCUT2D eigenvalue weighted by atomic mass is 35.5. The van der Waals surface area contributed by atoms with E-state index in [1.54, 1.807) is 6.33 Å². The third-order valence-electron chi connectivity index (χ3n) is 6.59. The van der Waals surface area contributed by atoms with Crippen molar-refractivity contribution in [1.29, 1.82) is 0 Å². The molecule has 0 radical (unpaired) electrons. The first-order chi connectivity index (χ1) is 19.1. The fourth-order valence-corrected chi connectivity index (χ4v) is 5.15. The Morgan fingerprint density at radius 3 is 2.62 bits per heavy atom. The lowest BCUT2D eigenvalue weighted by Gasteiger charge is -2.35. The molecule has 1 amide bonds. The van der Waals surface area contributed by atoms with Gasteiger partial charge in [-0.1, -0.05) is 47.5 Å². The number of carbonyl (C=O) groups is 1. The molecule has 4 aromatic rings. The zero-order valence-electron chi connectivity index (χ0n) is 21.2. The van der Waals surface area contributed by atoms with Crippen LogP contribution in [0.4, 0.5) is 0 Å². The van der Waals surface area contributed by atoms with E-state index in [9.17, 15) is 4.79 Å². The molecule has 3 N–H and O–H groups in total. The first-order valence-electron chi connectivity index (χ1n) is 12.7. The number of hydrogen-bond donors (Lipinski definition) is 3. The van der Waals surface area contributed by atoms with Crippen LogP contribution in [0.5, 0.6) is 5.75 Å². The van der Waals surface area contributed by atoms with E-state index >= 15 is 0 Å². The number of nitrogens with one attached hydrogen (secondary N) is 3. The molecule has 1 aliphatic heterocycles. The number of amides is 1. The molecule has 1 aromatic carbocycles. The molecule has 0 aliphatic carbocycles. The molecule has 4 heterocycles. The summed E-state index contributed by atoms with van der Waals surface area (Å²) >= 11 is 12.2. The number of halogens is 2. The zero-order valence-corrected chi connectivity index (χ0v) is 22.8. The van der Waals surface area contributed by atoms with E-state index in [-0.39, 0.29) is 27.6 Å². The minimum atomic E-state index is -0.337. The molecule has 11 heteroatoms. The first-order valence-corrected chi connectivity index (χ1v) is 13.5. The van der Waals surface area contributed by atoms with Crippen molar-refractivity contribution < 1.29 is 9.53 Å². The van der Waals surface area contributed by atoms with Gasteiger partial charge in [-0.25, -0.2) is 4.98 Å². The van der Waals surface area contributed by atoms with Gasteiger partial charge in [0, 0.05) is 69.6 Å². The van der Waals surface area contributed by atoms with Crippen LogP contribution < -0.4 is 15.4 Å². The number of carbonyl (C=O) groups excluding carboxylic acids is 1. The van der Waals surface area contributed by atoms with Crippen LogP contribution in [0, 0.1) is 0 Å². The minimum Gasteiger partial charge on any atom is -0.492 e. The van der Waals surface area contributed by atoms with Crippen LogP contribution in [-0.4, -0.2) is 50.4 Å². The van der Waals surface area contributed by atoms with Crippen molar-refractivity contribution in [2.45, 2.75) is 32.1 Å². The summed E-state index contributed by atoms with van der Waals surface area (Å²) in [5.41, 5.74) is 4.40. The normalized spacial score (nSPS) is 14.6. The van der Waals surface area contributed by atoms with Crippen molar-refractivity contribution in [2.75, 3.05) is 19.7 Å². The molecular weight excluding hydrogens is 537 g/mol. The van der Waals surface area contributed by atoms with Gasteiger partial charge in [0.15, 0.2) is 0 Å². The summed E-state index contributed by atoms with van der Waals surface area (Å²) in [6.07, 6.45) is 9.02. The number of imidazole rings is 1. The van der Waals surface area contributed by atoms with E-state index in [1.165, 1.54) is 18.0 Å². The number of benzene rings is 1. The Morgan fingerprint density at radius 1 is 1.05 bits per heavy atom. The van der Waals surface area contributed by atoms with E-state index < -0.39 is 0 Å². The third-order valence-corrected chi connectivity index (χ3v) is 7.17. The fraction of sp³-hybridized carbons (Fsp3) is 0.286. The Bertz CT molecular complexity index is 1360. The Labute approximate surface area is 236 Å². The maximum absolute atomic E-state index is 12.6. The second kappa shape index (κ2) is 13.0. The number of hydrogen-bond acceptors (Lipinski definition) is 7. The molecule has 202 valence electrons. The van der Waals surface area contributed by atoms with Crippen LogP contribution in [0.1, 0.15) is 45.3 Å². The predicted octanol–water partition coefficient (Wildman–Crippen LogP) is 4.55. The fourth-order valence-electron chi connectivity index (χ4n) is 4.62. The predicted molar refractivity (Wildman–Crippen MR) is 150 cm³/mol. The van der Waals surface area contributed by atoms with Gasteiger partial charge in [-0.15, -0.1) is 0 Å². The second-order valence-corrected chi connectivity index (χ2v) is 10.1. The molecule has 5 rings (SSSR count). The van der Waals surface area contributed by atoms with E-state index in [1.807, 2.05) is 36.7 Å². The van der Waals surface area contributed by atoms with Gasteiger partial charge in [0.05, 0.1) is 40.3 Å². The van der Waals surface area contributed by atoms with Gasteiger partial charge >= 0.3 is 0 Å². The van der Waals surface area contributed by atoms with Crippen molar-refractivity contribution in [2.24, 2.45) is 0 Å². The number of ether oxygens (including phenoxy) is 1. The largest absolute Gasteiger partial charge is 0.492 e. The van der Waals surface area contributed by atoms with E-state index in [2.05, 4.69) is 47.6 Å². The van der Waals surface area contributed by atoms with Crippen molar-refractivity contribution >= 4 is 29.1 Å². The number of fused-ring (bicyclic) bond motifs is 1. The smallest absolute Gasteiger partial charge is 0.254 e. The molecule has 0 bridgehead atoms. The van der Waals surface area contributed by atoms with E-state index in [0.717, 1.165) is 55.3 Å². The number of aromatic nitrogens is 4. The maximum atomic E-state index is 12.6. The molecule has 0 saturated carbocycles. The van der Waals surface area contributed by atoms with Gasteiger partial charge in [-0.05, 0) is 23.3 Å². The Hall–Kier alpha value is -3.50. The topological polar surface area (TPSA) is 108 Å². The summed E-state index contributed by atoms with van der Waals surface area (Å²) < 4.78 is 5.87. The van der Waals surface area contributed by atoms with Crippen LogP contribution in [0.3, 0.4) is 0 Å². The molecule has 0 spiro atoms. The van der Waals surface area contributed by atoms with Crippen LogP contribution >= 0.6 is 23.2 Å². The second-order valence-electron chi connectivity index (χ2n) is 9.24. The van der Waals surface area contributed by atoms with Gasteiger partial charge in [-0.3, -0.25) is 19.7 Å². The number of aromatic amines is 1. The van der Waals surface area contributed by atoms with Crippen LogP contribution in [0.2, 0.25) is 10.0 Å². The average Bonchev–Trinajstić information content (AvgIpc) is 3.47. The summed E-state index contributed by atoms with van der Waals surface area (Å²) in [6.45, 7) is 4.13. The number of pyridine rings is 2. The summed E-state index contributed by atoms with van der Waals surface area (Å²) in [6, 6.07) is 12.3. The Morgan fingerprint density at radius 2 is 1.85 bits per heavy atom. The summed E-state index contributed by atoms with van der Waals surface area (Å²) in [7, 11) is 0. The highest BCUT2D eigenvalue weighted by Crippen LogP contribution is 2.34. The van der Waals surface area contributed by atoms with Crippen molar-refractivity contribution in [3.8, 4) is 5.75 Å². The molecular formula is C28H29Cl2N7O2. The van der Waals surface area contributed by atoms with Gasteiger partial charge in [0.25, 0.3) is 5.91 Å². The van der Waals surface area contributed by atoms with Gasteiger partial charge in [-0.2, -0.15) is 0 Å². The summed E-state index contributed by atoms with van der Waals surface area (Å²) in [4.78, 5) is 30.8. The summed E-state index contributed by atoms with van der Waals surface area (Å²) in [5.74, 6) is 0.514. The maximum Gasteiger partial charge on any atom is 0.254 e. The number of nitrogens with zero attached hydrogens (tertiary/aromatic N) is 4. The van der Waals surface area contributed by atoms with Crippen molar-refractivity contribution in [3.63, 3.8) is 0 Å². The van der Waals surface area contributed by atoms with Crippen LogP contribution in [0.15, 0.2) is 67.5 Å². The van der Waals surface area contributed by atoms with Gasteiger partial charge < -0.3 is 20.4 Å². The minimum absolute atomic E-state index is 0.151. The van der Waals surface area contributed by atoms with Crippen molar-refractivity contribution in [1.82, 2.24) is 35.5 Å². The molecule has 1 aliphatic rings. The average molecular weight is 566 g/mol. The lowest BCUT2D eigenvalue weighted by molar-refractivity contribution is 0.0951. The lowest BCUT2D eigenvalue weighted by Crippen LogP contribution is -2.37. The quantitative estimate of drug-likeness (QED) is 0.229. The van der Waals surface area contributed by atoms with E-state index in [4.69, 9.17) is 27.9 Å². The molecule has 9 nitrogen and oxygen atoms in total. The van der Waals surface area contributed by atoms with E-state index in [0.29, 0.717) is 13.2 Å². The SMILES string of the molecule is O=C(NCc1ccc(CN(CCNCc2cnc[nH]2)C2CCOc3cccnc32)cc1)c1c(Cl)cncc1Cl. The Kier molecular flexibility index (Phi) is 9.05.